The number of nitrogens with zero attached hydrogens (tertiary/aromatic N) is 1. The molecule has 136 valence electrons. The highest BCUT2D eigenvalue weighted by atomic mass is 16.5. The molecule has 0 atom stereocenters. The van der Waals surface area contributed by atoms with Crippen molar-refractivity contribution in [3.05, 3.63) is 47.7 Å². The van der Waals surface area contributed by atoms with Crippen LogP contribution in [0.1, 0.15) is 16.1 Å². The molecule has 6 heteroatoms. The highest BCUT2D eigenvalue weighted by Gasteiger charge is 2.20. The van der Waals surface area contributed by atoms with Crippen LogP contribution in [0.5, 0.6) is 23.0 Å². The fourth-order valence-electron chi connectivity index (χ4n) is 3.06. The van der Waals surface area contributed by atoms with Crippen LogP contribution in [0.3, 0.4) is 0 Å². The number of aromatic nitrogens is 1. The molecular weight excluding hydrogens is 334 g/mol. The van der Waals surface area contributed by atoms with Gasteiger partial charge in [0, 0.05) is 16.6 Å². The van der Waals surface area contributed by atoms with Crippen molar-refractivity contribution in [1.82, 2.24) is 4.57 Å². The van der Waals surface area contributed by atoms with Crippen LogP contribution in [0.4, 0.5) is 0 Å². The largest absolute Gasteiger partial charge is 0.497 e. The predicted octanol–water partition coefficient (Wildman–Crippen LogP) is 3.67. The lowest BCUT2D eigenvalue weighted by molar-refractivity contribution is 0.0962. The standard InChI is InChI=1S/C20H21NO5/c1-12-8-13-9-15(23-2)6-7-16(13)21(12)20(22)14-10-17(24-3)19(26-5)18(11-14)25-4/h6-11H,1-5H3. The van der Waals surface area contributed by atoms with Crippen LogP contribution < -0.4 is 18.9 Å². The summed E-state index contributed by atoms with van der Waals surface area (Å²) >= 11 is 0. The number of rotatable bonds is 5. The summed E-state index contributed by atoms with van der Waals surface area (Å²) in [5, 5.41) is 0.933. The number of ether oxygens (including phenoxy) is 4. The van der Waals surface area contributed by atoms with Gasteiger partial charge < -0.3 is 18.9 Å². The van der Waals surface area contributed by atoms with Crippen molar-refractivity contribution in [2.75, 3.05) is 28.4 Å². The maximum Gasteiger partial charge on any atom is 0.262 e. The van der Waals surface area contributed by atoms with Crippen molar-refractivity contribution in [2.45, 2.75) is 6.92 Å². The van der Waals surface area contributed by atoms with E-state index in [-0.39, 0.29) is 5.91 Å². The molecule has 3 rings (SSSR count). The smallest absolute Gasteiger partial charge is 0.262 e. The predicted molar refractivity (Wildman–Crippen MR) is 99.1 cm³/mol. The summed E-state index contributed by atoms with van der Waals surface area (Å²) in [6, 6.07) is 10.9. The molecule has 0 aliphatic carbocycles. The first kappa shape index (κ1) is 17.7. The monoisotopic (exact) mass is 355 g/mol. The molecule has 0 aliphatic rings. The molecule has 0 bridgehead atoms. The van der Waals surface area contributed by atoms with Gasteiger partial charge in [0.05, 0.1) is 34.0 Å². The molecule has 2 aromatic carbocycles. The number of methoxy groups -OCH3 is 4. The van der Waals surface area contributed by atoms with E-state index in [0.717, 1.165) is 22.3 Å². The molecule has 26 heavy (non-hydrogen) atoms. The topological polar surface area (TPSA) is 58.9 Å². The first-order chi connectivity index (χ1) is 12.5. The van der Waals surface area contributed by atoms with Crippen LogP contribution in [-0.2, 0) is 0 Å². The van der Waals surface area contributed by atoms with Gasteiger partial charge in [-0.05, 0) is 43.3 Å². The van der Waals surface area contributed by atoms with Crippen molar-refractivity contribution < 1.29 is 23.7 Å². The molecule has 0 N–H and O–H groups in total. The first-order valence-corrected chi connectivity index (χ1v) is 8.04. The third-order valence-electron chi connectivity index (χ3n) is 4.31. The van der Waals surface area contributed by atoms with Gasteiger partial charge in [-0.1, -0.05) is 0 Å². The summed E-state index contributed by atoms with van der Waals surface area (Å²) in [5.41, 5.74) is 2.07. The molecule has 0 amide bonds. The van der Waals surface area contributed by atoms with Crippen molar-refractivity contribution in [1.29, 1.82) is 0 Å². The Morgan fingerprint density at radius 2 is 1.50 bits per heavy atom. The minimum Gasteiger partial charge on any atom is -0.497 e. The number of hydrogen-bond donors (Lipinski definition) is 0. The third-order valence-corrected chi connectivity index (χ3v) is 4.31. The fourth-order valence-corrected chi connectivity index (χ4v) is 3.06. The Balaban J connectivity index is 2.15. The number of fused-ring (bicyclic) bond motifs is 1. The highest BCUT2D eigenvalue weighted by Crippen LogP contribution is 2.38. The Kier molecular flexibility index (Phi) is 4.75. The Labute approximate surface area is 151 Å². The van der Waals surface area contributed by atoms with Gasteiger partial charge in [0.15, 0.2) is 11.5 Å². The van der Waals surface area contributed by atoms with Crippen LogP contribution in [0.25, 0.3) is 10.9 Å². The number of benzene rings is 2. The van der Waals surface area contributed by atoms with E-state index in [1.807, 2.05) is 31.2 Å². The average Bonchev–Trinajstić information content (AvgIpc) is 3.00. The van der Waals surface area contributed by atoms with Crippen LogP contribution >= 0.6 is 0 Å². The third kappa shape index (κ3) is 2.83. The van der Waals surface area contributed by atoms with Gasteiger partial charge >= 0.3 is 0 Å². The molecule has 0 radical (unpaired) electrons. The summed E-state index contributed by atoms with van der Waals surface area (Å²) < 4.78 is 22.9. The summed E-state index contributed by atoms with van der Waals surface area (Å²) in [5.74, 6) is 1.89. The molecule has 1 heterocycles. The molecule has 3 aromatic rings. The van der Waals surface area contributed by atoms with E-state index < -0.39 is 0 Å². The van der Waals surface area contributed by atoms with Crippen LogP contribution in [0.2, 0.25) is 0 Å². The van der Waals surface area contributed by atoms with Gasteiger partial charge in [-0.3, -0.25) is 9.36 Å². The number of hydrogen-bond acceptors (Lipinski definition) is 5. The van der Waals surface area contributed by atoms with E-state index in [2.05, 4.69) is 0 Å². The van der Waals surface area contributed by atoms with Gasteiger partial charge in [-0.25, -0.2) is 0 Å². The van der Waals surface area contributed by atoms with Gasteiger partial charge in [0.25, 0.3) is 5.91 Å². The average molecular weight is 355 g/mol. The highest BCUT2D eigenvalue weighted by molar-refractivity contribution is 6.03. The molecule has 6 nitrogen and oxygen atoms in total. The first-order valence-electron chi connectivity index (χ1n) is 8.04. The second-order valence-electron chi connectivity index (χ2n) is 5.77. The van der Waals surface area contributed by atoms with E-state index in [1.165, 1.54) is 21.3 Å². The second kappa shape index (κ2) is 7.00. The molecule has 0 saturated carbocycles. The number of carbonyl (C=O) groups is 1. The lowest BCUT2D eigenvalue weighted by Crippen LogP contribution is -2.14. The van der Waals surface area contributed by atoms with E-state index in [9.17, 15) is 4.79 Å². The minimum absolute atomic E-state index is 0.179. The molecule has 0 aliphatic heterocycles. The van der Waals surface area contributed by atoms with Gasteiger partial charge in [0.1, 0.15) is 5.75 Å². The number of aryl methyl sites for hydroxylation is 1. The molecule has 0 saturated heterocycles. The molecule has 0 unspecified atom stereocenters. The zero-order chi connectivity index (χ0) is 18.8. The van der Waals surface area contributed by atoms with E-state index in [0.29, 0.717) is 22.8 Å². The Bertz CT molecular complexity index is 949. The molecule has 1 aromatic heterocycles. The number of carbonyl (C=O) groups excluding carboxylic acids is 1. The molecule has 0 spiro atoms. The quantitative estimate of drug-likeness (QED) is 0.699. The summed E-state index contributed by atoms with van der Waals surface area (Å²) in [4.78, 5) is 13.2. The Morgan fingerprint density at radius 1 is 0.846 bits per heavy atom. The zero-order valence-corrected chi connectivity index (χ0v) is 15.5. The van der Waals surface area contributed by atoms with Gasteiger partial charge in [-0.2, -0.15) is 0 Å². The van der Waals surface area contributed by atoms with Crippen molar-refractivity contribution in [3.63, 3.8) is 0 Å². The second-order valence-corrected chi connectivity index (χ2v) is 5.77. The van der Waals surface area contributed by atoms with E-state index in [1.54, 1.807) is 23.8 Å². The lowest BCUT2D eigenvalue weighted by Gasteiger charge is -2.14. The van der Waals surface area contributed by atoms with Crippen molar-refractivity contribution in [3.8, 4) is 23.0 Å². The van der Waals surface area contributed by atoms with Gasteiger partial charge in [-0.15, -0.1) is 0 Å². The summed E-state index contributed by atoms with van der Waals surface area (Å²) in [6.07, 6.45) is 0. The maximum absolute atomic E-state index is 13.2. The maximum atomic E-state index is 13.2. The lowest BCUT2D eigenvalue weighted by atomic mass is 10.1. The van der Waals surface area contributed by atoms with Gasteiger partial charge in [0.2, 0.25) is 5.75 Å². The molecule has 0 fully saturated rings. The minimum atomic E-state index is -0.179. The van der Waals surface area contributed by atoms with Crippen LogP contribution in [0.15, 0.2) is 36.4 Å². The van der Waals surface area contributed by atoms with Crippen LogP contribution in [0, 0.1) is 6.92 Å². The summed E-state index contributed by atoms with van der Waals surface area (Å²) in [6.45, 7) is 1.89. The zero-order valence-electron chi connectivity index (χ0n) is 15.5. The van der Waals surface area contributed by atoms with Crippen LogP contribution in [-0.4, -0.2) is 38.9 Å². The Hall–Kier alpha value is -3.15. The summed E-state index contributed by atoms with van der Waals surface area (Å²) in [7, 11) is 6.19. The van der Waals surface area contributed by atoms with E-state index in [4.69, 9.17) is 18.9 Å². The van der Waals surface area contributed by atoms with E-state index >= 15 is 0 Å². The fraction of sp³-hybridized carbons (Fsp3) is 0.250. The van der Waals surface area contributed by atoms with Crippen molar-refractivity contribution in [2.24, 2.45) is 0 Å². The van der Waals surface area contributed by atoms with Crippen molar-refractivity contribution >= 4 is 16.8 Å². The Morgan fingerprint density at radius 3 is 2.04 bits per heavy atom. The SMILES string of the molecule is COc1ccc2c(c1)cc(C)n2C(=O)c1cc(OC)c(OC)c(OC)c1. The normalized spacial score (nSPS) is 10.7. The molecular formula is C20H21NO5.